The third-order valence-corrected chi connectivity index (χ3v) is 4.60. The second-order valence-electron chi connectivity index (χ2n) is 5.27. The largest absolute Gasteiger partial charge is 0.331 e. The Labute approximate surface area is 136 Å². The third-order valence-electron chi connectivity index (χ3n) is 3.71. The average Bonchev–Trinajstić information content (AvgIpc) is 3.06. The summed E-state index contributed by atoms with van der Waals surface area (Å²) in [6, 6.07) is 11.0. The molecule has 2 heterocycles. The van der Waals surface area contributed by atoms with E-state index < -0.39 is 0 Å². The van der Waals surface area contributed by atoms with Crippen molar-refractivity contribution in [2.75, 3.05) is 0 Å². The lowest BCUT2D eigenvalue weighted by atomic mass is 10.1. The van der Waals surface area contributed by atoms with Gasteiger partial charge in [0.05, 0.1) is 23.7 Å². The van der Waals surface area contributed by atoms with Crippen LogP contribution >= 0.6 is 11.3 Å². The fourth-order valence-electron chi connectivity index (χ4n) is 2.57. The quantitative estimate of drug-likeness (QED) is 0.740. The van der Waals surface area contributed by atoms with E-state index in [0.29, 0.717) is 28.9 Å². The Kier molecular flexibility index (Phi) is 4.13. The van der Waals surface area contributed by atoms with Gasteiger partial charge in [-0.15, -0.1) is 11.3 Å². The average molecular weight is 325 g/mol. The number of hydrogen-bond acceptors (Lipinski definition) is 4. The van der Waals surface area contributed by atoms with Crippen LogP contribution in [0.25, 0.3) is 10.2 Å². The summed E-state index contributed by atoms with van der Waals surface area (Å²) in [5.41, 5.74) is 1.67. The van der Waals surface area contributed by atoms with Crippen molar-refractivity contribution < 1.29 is 0 Å². The molecule has 0 unspecified atom stereocenters. The van der Waals surface area contributed by atoms with Gasteiger partial charge >= 0.3 is 5.69 Å². The summed E-state index contributed by atoms with van der Waals surface area (Å²) in [5, 5.41) is 10.7. The summed E-state index contributed by atoms with van der Waals surface area (Å²) in [6.07, 6.45) is 0.725. The van der Waals surface area contributed by atoms with E-state index in [9.17, 15) is 9.59 Å². The molecule has 0 atom stereocenters. The first kappa shape index (κ1) is 15.3. The molecule has 0 aliphatic heterocycles. The Hall–Kier alpha value is -2.65. The van der Waals surface area contributed by atoms with Crippen molar-refractivity contribution >= 4 is 21.6 Å². The Morgan fingerprint density at radius 2 is 1.87 bits per heavy atom. The SMILES string of the molecule is CCCn1c(=O)c2sccc2n(Cc2ccc(C#N)cc2)c1=O. The molecular formula is C17H15N3O2S. The van der Waals surface area contributed by atoms with Gasteiger partial charge in [0.25, 0.3) is 5.56 Å². The smallest absolute Gasteiger partial charge is 0.288 e. The second-order valence-corrected chi connectivity index (χ2v) is 6.19. The Morgan fingerprint density at radius 1 is 1.13 bits per heavy atom. The number of benzene rings is 1. The molecule has 3 rings (SSSR count). The van der Waals surface area contributed by atoms with Gasteiger partial charge in [-0.05, 0) is 35.6 Å². The van der Waals surface area contributed by atoms with Gasteiger partial charge in [0.1, 0.15) is 4.70 Å². The van der Waals surface area contributed by atoms with Crippen LogP contribution in [-0.4, -0.2) is 9.13 Å². The van der Waals surface area contributed by atoms with E-state index in [2.05, 4.69) is 6.07 Å². The predicted molar refractivity (Wildman–Crippen MR) is 90.9 cm³/mol. The lowest BCUT2D eigenvalue weighted by Crippen LogP contribution is -2.39. The molecular weight excluding hydrogens is 310 g/mol. The minimum atomic E-state index is -0.285. The van der Waals surface area contributed by atoms with Crippen LogP contribution in [0.2, 0.25) is 0 Å². The zero-order valence-electron chi connectivity index (χ0n) is 12.7. The molecule has 1 aromatic carbocycles. The minimum absolute atomic E-state index is 0.210. The number of rotatable bonds is 4. The first-order valence-electron chi connectivity index (χ1n) is 7.35. The topological polar surface area (TPSA) is 67.8 Å². The second kappa shape index (κ2) is 6.23. The number of thiophene rings is 1. The zero-order valence-corrected chi connectivity index (χ0v) is 13.5. The van der Waals surface area contributed by atoms with Crippen molar-refractivity contribution in [3.63, 3.8) is 0 Å². The molecule has 0 saturated heterocycles. The van der Waals surface area contributed by atoms with Crippen LogP contribution < -0.4 is 11.2 Å². The zero-order chi connectivity index (χ0) is 16.4. The number of nitriles is 1. The van der Waals surface area contributed by atoms with Crippen LogP contribution in [0.1, 0.15) is 24.5 Å². The van der Waals surface area contributed by atoms with Gasteiger partial charge in [-0.25, -0.2) is 4.79 Å². The van der Waals surface area contributed by atoms with Gasteiger partial charge in [0, 0.05) is 6.54 Å². The van der Waals surface area contributed by atoms with Crippen molar-refractivity contribution in [2.24, 2.45) is 0 Å². The lowest BCUT2D eigenvalue weighted by Gasteiger charge is -2.11. The van der Waals surface area contributed by atoms with E-state index in [1.165, 1.54) is 15.9 Å². The highest BCUT2D eigenvalue weighted by atomic mass is 32.1. The number of fused-ring (bicyclic) bond motifs is 1. The monoisotopic (exact) mass is 325 g/mol. The van der Waals surface area contributed by atoms with Crippen LogP contribution in [0.3, 0.4) is 0 Å². The maximum absolute atomic E-state index is 12.7. The molecule has 5 nitrogen and oxygen atoms in total. The van der Waals surface area contributed by atoms with Gasteiger partial charge in [0.2, 0.25) is 0 Å². The Morgan fingerprint density at radius 3 is 2.52 bits per heavy atom. The van der Waals surface area contributed by atoms with Crippen molar-refractivity contribution in [2.45, 2.75) is 26.4 Å². The van der Waals surface area contributed by atoms with Crippen LogP contribution in [0, 0.1) is 11.3 Å². The molecule has 23 heavy (non-hydrogen) atoms. The summed E-state index contributed by atoms with van der Waals surface area (Å²) >= 11 is 1.36. The number of hydrogen-bond donors (Lipinski definition) is 0. The van der Waals surface area contributed by atoms with Crippen molar-refractivity contribution in [1.29, 1.82) is 5.26 Å². The Bertz CT molecular complexity index is 1000. The van der Waals surface area contributed by atoms with Gasteiger partial charge < -0.3 is 0 Å². The molecule has 0 aliphatic rings. The van der Waals surface area contributed by atoms with E-state index >= 15 is 0 Å². The normalized spacial score (nSPS) is 10.8. The van der Waals surface area contributed by atoms with Gasteiger partial charge in [-0.2, -0.15) is 5.26 Å². The molecule has 0 fully saturated rings. The van der Waals surface area contributed by atoms with E-state index in [1.54, 1.807) is 16.7 Å². The number of nitrogens with zero attached hydrogens (tertiary/aromatic N) is 3. The lowest BCUT2D eigenvalue weighted by molar-refractivity contribution is 0.582. The molecule has 0 N–H and O–H groups in total. The van der Waals surface area contributed by atoms with E-state index in [1.807, 2.05) is 30.5 Å². The number of aromatic nitrogens is 2. The Balaban J connectivity index is 2.16. The molecule has 6 heteroatoms. The maximum Gasteiger partial charge on any atom is 0.331 e. The van der Waals surface area contributed by atoms with Gasteiger partial charge in [0.15, 0.2) is 0 Å². The van der Waals surface area contributed by atoms with Crippen LogP contribution in [0.15, 0.2) is 45.3 Å². The van der Waals surface area contributed by atoms with E-state index in [-0.39, 0.29) is 11.2 Å². The van der Waals surface area contributed by atoms with Gasteiger partial charge in [-0.1, -0.05) is 19.1 Å². The predicted octanol–water partition coefficient (Wildman–Crippen LogP) is 2.55. The van der Waals surface area contributed by atoms with Crippen LogP contribution in [-0.2, 0) is 13.1 Å². The fourth-order valence-corrected chi connectivity index (χ4v) is 3.42. The van der Waals surface area contributed by atoms with Crippen molar-refractivity contribution in [3.05, 3.63) is 67.7 Å². The fraction of sp³-hybridized carbons (Fsp3) is 0.235. The first-order chi connectivity index (χ1) is 11.2. The molecule has 0 spiro atoms. The van der Waals surface area contributed by atoms with Crippen molar-refractivity contribution in [1.82, 2.24) is 9.13 Å². The van der Waals surface area contributed by atoms with Crippen LogP contribution in [0.5, 0.6) is 0 Å². The highest BCUT2D eigenvalue weighted by Gasteiger charge is 2.13. The summed E-state index contributed by atoms with van der Waals surface area (Å²) in [5.74, 6) is 0. The van der Waals surface area contributed by atoms with E-state index in [4.69, 9.17) is 5.26 Å². The minimum Gasteiger partial charge on any atom is -0.288 e. The van der Waals surface area contributed by atoms with E-state index in [0.717, 1.165) is 12.0 Å². The molecule has 116 valence electrons. The summed E-state index contributed by atoms with van der Waals surface area (Å²) in [6.45, 7) is 2.73. The van der Waals surface area contributed by atoms with Crippen molar-refractivity contribution in [3.8, 4) is 6.07 Å². The summed E-state index contributed by atoms with van der Waals surface area (Å²) in [4.78, 5) is 25.1. The summed E-state index contributed by atoms with van der Waals surface area (Å²) in [7, 11) is 0. The summed E-state index contributed by atoms with van der Waals surface area (Å²) < 4.78 is 3.54. The maximum atomic E-state index is 12.7. The standard InChI is InChI=1S/C17H15N3O2S/c1-2-8-19-16(21)15-14(7-9-23-15)20(17(19)22)11-13-5-3-12(10-18)4-6-13/h3-7,9H,2,8,11H2,1H3. The molecule has 0 bridgehead atoms. The molecule has 3 aromatic rings. The molecule has 2 aromatic heterocycles. The molecule has 0 radical (unpaired) electrons. The highest BCUT2D eigenvalue weighted by molar-refractivity contribution is 7.17. The van der Waals surface area contributed by atoms with Gasteiger partial charge in [-0.3, -0.25) is 13.9 Å². The highest BCUT2D eigenvalue weighted by Crippen LogP contribution is 2.16. The first-order valence-corrected chi connectivity index (χ1v) is 8.23. The molecule has 0 aliphatic carbocycles. The molecule has 0 amide bonds. The third kappa shape index (κ3) is 2.71. The van der Waals surface area contributed by atoms with Crippen LogP contribution in [0.4, 0.5) is 0 Å². The molecule has 0 saturated carbocycles.